The molecule has 0 saturated carbocycles. The van der Waals surface area contributed by atoms with Crippen molar-refractivity contribution in [1.29, 1.82) is 0 Å². The molecule has 0 saturated heterocycles. The molecule has 9 nitrogen and oxygen atoms in total. The molecule has 0 spiro atoms. The summed E-state index contributed by atoms with van der Waals surface area (Å²) in [6, 6.07) is 15.0. The van der Waals surface area contributed by atoms with Gasteiger partial charge in [-0.25, -0.2) is 19.3 Å². The van der Waals surface area contributed by atoms with Gasteiger partial charge < -0.3 is 9.05 Å². The summed E-state index contributed by atoms with van der Waals surface area (Å²) >= 11 is 0. The van der Waals surface area contributed by atoms with Crippen LogP contribution in [-0.2, 0) is 0 Å². The van der Waals surface area contributed by atoms with Gasteiger partial charge in [-0.3, -0.25) is 0 Å². The molecule has 4 rings (SSSR count). The summed E-state index contributed by atoms with van der Waals surface area (Å²) < 4.78 is 18.7. The third-order valence-corrected chi connectivity index (χ3v) is 4.70. The van der Waals surface area contributed by atoms with Crippen LogP contribution in [-0.4, -0.2) is 29.5 Å². The van der Waals surface area contributed by atoms with Crippen LogP contribution in [0.15, 0.2) is 78.4 Å². The van der Waals surface area contributed by atoms with E-state index >= 15 is 0 Å². The summed E-state index contributed by atoms with van der Waals surface area (Å²) in [5, 5.41) is 8.15. The van der Waals surface area contributed by atoms with Crippen LogP contribution >= 0.6 is 17.6 Å². The molecular formula is C16H13N7O2P2. The molecule has 11 heteroatoms. The summed E-state index contributed by atoms with van der Waals surface area (Å²) in [6.45, 7) is 0. The van der Waals surface area contributed by atoms with Crippen LogP contribution in [0.1, 0.15) is 0 Å². The van der Waals surface area contributed by atoms with E-state index in [1.165, 1.54) is 12.7 Å². The summed E-state index contributed by atoms with van der Waals surface area (Å²) in [5.74, 6) is 1.44. The van der Waals surface area contributed by atoms with E-state index in [1.54, 1.807) is 22.0 Å². The van der Waals surface area contributed by atoms with E-state index in [0.717, 1.165) is 17.1 Å². The number of hydrogen-bond donors (Lipinski definition) is 0. The Morgan fingerprint density at radius 1 is 0.778 bits per heavy atom. The van der Waals surface area contributed by atoms with Crippen molar-refractivity contribution in [2.24, 2.45) is 4.52 Å². The molecule has 1 unspecified atom stereocenters. The SMILES string of the molecule is c1ncn(-c2ccc(OP=NPOc3ccc(-n4cncn4)cc3)cc2)n1. The third-order valence-electron chi connectivity index (χ3n) is 3.43. The number of nitrogens with zero attached hydrogens (tertiary/aromatic N) is 7. The molecule has 0 aliphatic carbocycles. The fourth-order valence-electron chi connectivity index (χ4n) is 2.17. The lowest BCUT2D eigenvalue weighted by Crippen LogP contribution is -1.93. The summed E-state index contributed by atoms with van der Waals surface area (Å²) in [7, 11) is 0.416. The molecule has 0 amide bonds. The van der Waals surface area contributed by atoms with Gasteiger partial charge in [-0.1, -0.05) is 0 Å². The van der Waals surface area contributed by atoms with Gasteiger partial charge in [0.25, 0.3) is 0 Å². The van der Waals surface area contributed by atoms with Gasteiger partial charge in [0.2, 0.25) is 17.6 Å². The average Bonchev–Trinajstić information content (AvgIpc) is 3.43. The van der Waals surface area contributed by atoms with E-state index in [4.69, 9.17) is 9.05 Å². The monoisotopic (exact) mass is 397 g/mol. The van der Waals surface area contributed by atoms with Crippen LogP contribution in [0.25, 0.3) is 11.4 Å². The zero-order chi connectivity index (χ0) is 18.3. The maximum Gasteiger partial charge on any atom is 0.249 e. The van der Waals surface area contributed by atoms with E-state index in [0.29, 0.717) is 14.3 Å². The zero-order valence-electron chi connectivity index (χ0n) is 13.8. The number of benzene rings is 2. The molecule has 134 valence electrons. The standard InChI is InChI=1S/C16H13N7O2P2/c1-5-15(6-2-13(1)22-11-17-9-19-22)24-26-21-27-25-16-7-3-14(4-8-16)23-12-18-10-20-23/h1-12,26H. The first-order valence-corrected chi connectivity index (χ1v) is 9.39. The number of rotatable bonds is 7. The van der Waals surface area contributed by atoms with Gasteiger partial charge in [0.05, 0.1) is 11.4 Å². The fourth-order valence-corrected chi connectivity index (χ4v) is 3.08. The Morgan fingerprint density at radius 2 is 1.33 bits per heavy atom. The van der Waals surface area contributed by atoms with Crippen molar-refractivity contribution in [3.63, 3.8) is 0 Å². The van der Waals surface area contributed by atoms with Crippen molar-refractivity contribution in [3.8, 4) is 22.9 Å². The molecule has 4 aromatic rings. The van der Waals surface area contributed by atoms with Gasteiger partial charge in [-0.15, -0.1) is 0 Å². The fraction of sp³-hybridized carbons (Fsp3) is 0. The van der Waals surface area contributed by atoms with Gasteiger partial charge in [0.15, 0.2) is 0 Å². The second-order valence-corrected chi connectivity index (χ2v) is 6.67. The lowest BCUT2D eigenvalue weighted by Gasteiger charge is -2.04. The van der Waals surface area contributed by atoms with Crippen molar-refractivity contribution >= 4 is 17.6 Å². The van der Waals surface area contributed by atoms with E-state index in [1.807, 2.05) is 48.5 Å². The Morgan fingerprint density at radius 3 is 1.85 bits per heavy atom. The molecule has 2 heterocycles. The molecule has 2 aromatic heterocycles. The lowest BCUT2D eigenvalue weighted by molar-refractivity contribution is 0.626. The molecule has 0 aliphatic rings. The van der Waals surface area contributed by atoms with Crippen LogP contribution in [0, 0.1) is 0 Å². The van der Waals surface area contributed by atoms with Gasteiger partial charge in [0.1, 0.15) is 36.8 Å². The van der Waals surface area contributed by atoms with E-state index in [2.05, 4.69) is 24.7 Å². The number of aromatic nitrogens is 6. The van der Waals surface area contributed by atoms with Crippen molar-refractivity contribution in [2.75, 3.05) is 0 Å². The smallest absolute Gasteiger partial charge is 0.249 e. The third kappa shape index (κ3) is 4.53. The highest BCUT2D eigenvalue weighted by Crippen LogP contribution is 2.27. The van der Waals surface area contributed by atoms with Gasteiger partial charge in [-0.05, 0) is 48.5 Å². The largest absolute Gasteiger partial charge is 0.454 e. The van der Waals surface area contributed by atoms with Crippen molar-refractivity contribution in [2.45, 2.75) is 0 Å². The van der Waals surface area contributed by atoms with Crippen molar-refractivity contribution < 1.29 is 9.05 Å². The van der Waals surface area contributed by atoms with Crippen LogP contribution in [0.2, 0.25) is 0 Å². The minimum absolute atomic E-state index is 0.0593. The Kier molecular flexibility index (Phi) is 5.43. The quantitative estimate of drug-likeness (QED) is 0.440. The van der Waals surface area contributed by atoms with E-state index in [9.17, 15) is 0 Å². The first kappa shape index (κ1) is 17.3. The molecule has 0 fully saturated rings. The first-order chi connectivity index (χ1) is 13.4. The molecule has 0 N–H and O–H groups in total. The Labute approximate surface area is 157 Å². The van der Waals surface area contributed by atoms with Gasteiger partial charge >= 0.3 is 0 Å². The summed E-state index contributed by atoms with van der Waals surface area (Å²) in [5.41, 5.74) is 1.82. The predicted molar refractivity (Wildman–Crippen MR) is 102 cm³/mol. The highest BCUT2D eigenvalue weighted by molar-refractivity contribution is 7.39. The molecule has 0 aliphatic heterocycles. The minimum atomic E-state index is -0.0593. The van der Waals surface area contributed by atoms with Crippen LogP contribution in [0.4, 0.5) is 0 Å². The molecule has 0 radical (unpaired) electrons. The Hall–Kier alpha value is -3.15. The highest BCUT2D eigenvalue weighted by atomic mass is 31.1. The highest BCUT2D eigenvalue weighted by Gasteiger charge is 1.99. The number of hydrogen-bond acceptors (Lipinski definition) is 7. The van der Waals surface area contributed by atoms with Gasteiger partial charge in [-0.2, -0.15) is 14.7 Å². The predicted octanol–water partition coefficient (Wildman–Crippen LogP) is 3.86. The normalized spacial score (nSPS) is 11.4. The van der Waals surface area contributed by atoms with Gasteiger partial charge in [0, 0.05) is 0 Å². The van der Waals surface area contributed by atoms with E-state index in [-0.39, 0.29) is 8.96 Å². The molecule has 1 atom stereocenters. The molecule has 2 aromatic carbocycles. The van der Waals surface area contributed by atoms with Crippen LogP contribution in [0.5, 0.6) is 11.5 Å². The Bertz CT molecular complexity index is 988. The summed E-state index contributed by atoms with van der Waals surface area (Å²) in [4.78, 5) is 7.84. The zero-order valence-corrected chi connectivity index (χ0v) is 15.7. The topological polar surface area (TPSA) is 92.2 Å². The Balaban J connectivity index is 1.25. The van der Waals surface area contributed by atoms with E-state index < -0.39 is 0 Å². The maximum absolute atomic E-state index is 5.59. The van der Waals surface area contributed by atoms with Crippen LogP contribution in [0.3, 0.4) is 0 Å². The molecule has 27 heavy (non-hydrogen) atoms. The lowest BCUT2D eigenvalue weighted by atomic mass is 10.3. The maximum atomic E-state index is 5.59. The first-order valence-electron chi connectivity index (χ1n) is 7.77. The van der Waals surface area contributed by atoms with Crippen molar-refractivity contribution in [3.05, 3.63) is 73.8 Å². The molecule has 0 bridgehead atoms. The van der Waals surface area contributed by atoms with Crippen molar-refractivity contribution in [1.82, 2.24) is 29.5 Å². The second kappa shape index (κ2) is 8.49. The minimum Gasteiger partial charge on any atom is -0.454 e. The molecular weight excluding hydrogens is 384 g/mol. The average molecular weight is 397 g/mol. The summed E-state index contributed by atoms with van der Waals surface area (Å²) in [6.07, 6.45) is 6.26. The second-order valence-electron chi connectivity index (χ2n) is 5.13. The van der Waals surface area contributed by atoms with Crippen LogP contribution < -0.4 is 9.05 Å².